The van der Waals surface area contributed by atoms with E-state index in [-0.39, 0.29) is 30.2 Å². The molecule has 3 aromatic carbocycles. The Bertz CT molecular complexity index is 1640. The topological polar surface area (TPSA) is 108 Å². The minimum atomic E-state index is -4.79. The quantitative estimate of drug-likeness (QED) is 0.205. The Morgan fingerprint density at radius 2 is 1.76 bits per heavy atom. The highest BCUT2D eigenvalue weighted by molar-refractivity contribution is 5.60. The van der Waals surface area contributed by atoms with Crippen molar-refractivity contribution in [3.05, 3.63) is 108 Å². The predicted molar refractivity (Wildman–Crippen MR) is 136 cm³/mol. The highest BCUT2D eigenvalue weighted by atomic mass is 19.4. The molecule has 0 saturated heterocycles. The van der Waals surface area contributed by atoms with E-state index in [1.807, 2.05) is 0 Å². The number of ether oxygens (including phenoxy) is 2. The fourth-order valence-corrected chi connectivity index (χ4v) is 4.38. The van der Waals surface area contributed by atoms with Crippen LogP contribution in [0.5, 0.6) is 11.5 Å². The number of hydrogen-bond donors (Lipinski definition) is 1. The van der Waals surface area contributed by atoms with Crippen molar-refractivity contribution in [3.63, 3.8) is 0 Å². The molecule has 0 radical (unpaired) electrons. The number of rotatable bonds is 10. The van der Waals surface area contributed by atoms with Gasteiger partial charge in [-0.3, -0.25) is 0 Å². The van der Waals surface area contributed by atoms with Crippen LogP contribution in [0.1, 0.15) is 29.7 Å². The van der Waals surface area contributed by atoms with Crippen LogP contribution < -0.4 is 9.47 Å². The maximum atomic E-state index is 14.8. The lowest BCUT2D eigenvalue weighted by atomic mass is 9.80. The number of hydrogen-bond acceptors (Lipinski definition) is 8. The van der Waals surface area contributed by atoms with Crippen LogP contribution in [0.2, 0.25) is 0 Å². The Morgan fingerprint density at radius 3 is 2.45 bits per heavy atom. The maximum Gasteiger partial charge on any atom is 0.573 e. The van der Waals surface area contributed by atoms with Gasteiger partial charge in [-0.15, -0.1) is 18.3 Å². The molecule has 0 fully saturated rings. The lowest BCUT2D eigenvalue weighted by Gasteiger charge is -2.33. The van der Waals surface area contributed by atoms with Crippen LogP contribution in [0, 0.1) is 11.6 Å². The number of aromatic nitrogens is 5. The summed E-state index contributed by atoms with van der Waals surface area (Å²) in [6, 6.07) is 16.6. The van der Waals surface area contributed by atoms with Crippen LogP contribution in [0.15, 0.2) is 83.6 Å². The number of tetrazole rings is 1. The summed E-state index contributed by atoms with van der Waals surface area (Å²) in [5, 5.41) is 26.7. The van der Waals surface area contributed by atoms with Gasteiger partial charge in [-0.05, 0) is 58.5 Å². The van der Waals surface area contributed by atoms with Crippen LogP contribution in [-0.2, 0) is 18.8 Å². The second-order valence-corrected chi connectivity index (χ2v) is 9.40. The van der Waals surface area contributed by atoms with E-state index in [0.717, 1.165) is 12.1 Å². The van der Waals surface area contributed by atoms with Gasteiger partial charge in [-0.1, -0.05) is 30.3 Å². The first-order valence-corrected chi connectivity index (χ1v) is 12.4. The molecular formula is C28H22F5N5O4. The van der Waals surface area contributed by atoms with Crippen molar-refractivity contribution in [3.8, 4) is 22.8 Å². The molecular weight excluding hydrogens is 565 g/mol. The van der Waals surface area contributed by atoms with E-state index in [2.05, 4.69) is 25.4 Å². The Labute approximate surface area is 235 Å². The maximum absolute atomic E-state index is 14.8. The zero-order valence-corrected chi connectivity index (χ0v) is 21.8. The van der Waals surface area contributed by atoms with Gasteiger partial charge in [0.1, 0.15) is 53.1 Å². The van der Waals surface area contributed by atoms with E-state index in [9.17, 15) is 27.1 Å². The van der Waals surface area contributed by atoms with E-state index in [0.29, 0.717) is 28.6 Å². The molecule has 0 bridgehead atoms. The first kappa shape index (κ1) is 28.7. The number of nitrogens with zero attached hydrogens (tertiary/aromatic N) is 5. The third-order valence-electron chi connectivity index (χ3n) is 6.55. The van der Waals surface area contributed by atoms with Crippen molar-refractivity contribution in [1.82, 2.24) is 25.4 Å². The van der Waals surface area contributed by atoms with Crippen molar-refractivity contribution in [1.29, 1.82) is 0 Å². The molecule has 0 unspecified atom stereocenters. The SMILES string of the molecule is C[C@@H](c1cc(-c2ccc(OCc3cccc(OC(F)(F)F)c3)cc2)no1)[C@](O)(Cn1cnnn1)c1ccc(F)cc1F. The molecule has 0 amide bonds. The summed E-state index contributed by atoms with van der Waals surface area (Å²) in [7, 11) is 0. The number of aliphatic hydroxyl groups is 1. The molecule has 14 heteroatoms. The van der Waals surface area contributed by atoms with Crippen LogP contribution in [0.4, 0.5) is 22.0 Å². The molecule has 2 aromatic heterocycles. The highest BCUT2D eigenvalue weighted by Gasteiger charge is 2.42. The smallest absolute Gasteiger partial charge is 0.489 e. The first-order valence-electron chi connectivity index (χ1n) is 12.4. The van der Waals surface area contributed by atoms with Crippen LogP contribution >= 0.6 is 0 Å². The van der Waals surface area contributed by atoms with Gasteiger partial charge in [0.25, 0.3) is 0 Å². The molecule has 0 aliphatic heterocycles. The van der Waals surface area contributed by atoms with Gasteiger partial charge in [0.15, 0.2) is 0 Å². The molecule has 0 spiro atoms. The average molecular weight is 588 g/mol. The van der Waals surface area contributed by atoms with Gasteiger partial charge in [0.05, 0.1) is 12.5 Å². The first-order chi connectivity index (χ1) is 20.0. The predicted octanol–water partition coefficient (Wildman–Crippen LogP) is 5.78. The molecule has 1 N–H and O–H groups in total. The lowest BCUT2D eigenvalue weighted by molar-refractivity contribution is -0.274. The van der Waals surface area contributed by atoms with E-state index in [4.69, 9.17) is 9.26 Å². The molecule has 0 aliphatic rings. The third kappa shape index (κ3) is 6.54. The fourth-order valence-electron chi connectivity index (χ4n) is 4.38. The zero-order valence-electron chi connectivity index (χ0n) is 21.8. The number of benzene rings is 3. The monoisotopic (exact) mass is 587 g/mol. The van der Waals surface area contributed by atoms with Crippen LogP contribution in [0.25, 0.3) is 11.3 Å². The summed E-state index contributed by atoms with van der Waals surface area (Å²) >= 11 is 0. The highest BCUT2D eigenvalue weighted by Crippen LogP contribution is 2.40. The molecule has 5 rings (SSSR count). The van der Waals surface area contributed by atoms with Gasteiger partial charge in [0.2, 0.25) is 0 Å². The van der Waals surface area contributed by atoms with Gasteiger partial charge >= 0.3 is 6.36 Å². The second-order valence-electron chi connectivity index (χ2n) is 9.40. The molecule has 0 aliphatic carbocycles. The standard InChI is InChI=1S/C28H22F5N5O4/c1-17(27(39,15-38-16-34-36-37-38)23-10-7-20(29)12-24(23)30)26-13-25(35-42-26)19-5-8-21(9-6-19)40-14-18-3-2-4-22(11-18)41-28(31,32)33/h2-13,16-17,39H,14-15H2,1H3/t17-,27+/m0/s1. The number of alkyl halides is 3. The third-order valence-corrected chi connectivity index (χ3v) is 6.55. The van der Waals surface area contributed by atoms with Gasteiger partial charge in [-0.2, -0.15) is 0 Å². The van der Waals surface area contributed by atoms with E-state index >= 15 is 0 Å². The summed E-state index contributed by atoms with van der Waals surface area (Å²) < 4.78 is 82.2. The van der Waals surface area contributed by atoms with Crippen LogP contribution in [-0.4, -0.2) is 36.8 Å². The summed E-state index contributed by atoms with van der Waals surface area (Å²) in [6.45, 7) is 1.33. The van der Waals surface area contributed by atoms with Crippen molar-refractivity contribution in [2.45, 2.75) is 38.0 Å². The van der Waals surface area contributed by atoms with Gasteiger partial charge in [0, 0.05) is 23.3 Å². The van der Waals surface area contributed by atoms with E-state index in [1.54, 1.807) is 43.3 Å². The summed E-state index contributed by atoms with van der Waals surface area (Å²) in [5.41, 5.74) is -0.624. The fraction of sp³-hybridized carbons (Fsp3) is 0.214. The van der Waals surface area contributed by atoms with Gasteiger partial charge in [-0.25, -0.2) is 13.5 Å². The second kappa shape index (κ2) is 11.6. The molecule has 2 atom stereocenters. The van der Waals surface area contributed by atoms with Crippen molar-refractivity contribution in [2.24, 2.45) is 0 Å². The largest absolute Gasteiger partial charge is 0.573 e. The minimum absolute atomic E-state index is 0.000152. The molecule has 218 valence electrons. The van der Waals surface area contributed by atoms with Crippen molar-refractivity contribution < 1.29 is 41.1 Å². The minimum Gasteiger partial charge on any atom is -0.489 e. The number of halogens is 5. The molecule has 9 nitrogen and oxygen atoms in total. The molecule has 5 aromatic rings. The van der Waals surface area contributed by atoms with Gasteiger partial charge < -0.3 is 19.1 Å². The Morgan fingerprint density at radius 1 is 0.976 bits per heavy atom. The lowest BCUT2D eigenvalue weighted by Crippen LogP contribution is -2.38. The van der Waals surface area contributed by atoms with E-state index < -0.39 is 29.5 Å². The summed E-state index contributed by atoms with van der Waals surface area (Å²) in [4.78, 5) is 0. The zero-order chi connectivity index (χ0) is 29.9. The van der Waals surface area contributed by atoms with Crippen molar-refractivity contribution >= 4 is 0 Å². The summed E-state index contributed by atoms with van der Waals surface area (Å²) in [6.07, 6.45) is -3.54. The van der Waals surface area contributed by atoms with Crippen LogP contribution in [0.3, 0.4) is 0 Å². The molecule has 2 heterocycles. The molecule has 42 heavy (non-hydrogen) atoms. The Hall–Kier alpha value is -4.85. The van der Waals surface area contributed by atoms with E-state index in [1.165, 1.54) is 29.2 Å². The van der Waals surface area contributed by atoms with Crippen molar-refractivity contribution in [2.75, 3.05) is 0 Å². The normalized spacial score (nSPS) is 13.9. The average Bonchev–Trinajstić information content (AvgIpc) is 3.64. The molecule has 0 saturated carbocycles. The summed E-state index contributed by atoms with van der Waals surface area (Å²) in [5.74, 6) is -2.32. The Kier molecular flexibility index (Phi) is 7.89. The Balaban J connectivity index is 1.31.